The summed E-state index contributed by atoms with van der Waals surface area (Å²) in [6.45, 7) is 1.64. The Morgan fingerprint density at radius 1 is 0.957 bits per heavy atom. The number of nitrogens with zero attached hydrogens (tertiary/aromatic N) is 1. The van der Waals surface area contributed by atoms with E-state index in [1.165, 1.54) is 5.56 Å². The third kappa shape index (κ3) is 4.28. The van der Waals surface area contributed by atoms with Crippen molar-refractivity contribution in [3.63, 3.8) is 0 Å². The molecule has 1 heterocycles. The van der Waals surface area contributed by atoms with Crippen molar-refractivity contribution in [2.24, 2.45) is 0 Å². The van der Waals surface area contributed by atoms with E-state index in [0.29, 0.717) is 12.4 Å². The lowest BCUT2D eigenvalue weighted by Crippen LogP contribution is -2.16. The zero-order valence-corrected chi connectivity index (χ0v) is 12.9. The van der Waals surface area contributed by atoms with E-state index in [1.54, 1.807) is 6.26 Å². The molecule has 0 aliphatic rings. The van der Waals surface area contributed by atoms with Crippen LogP contribution in [0.15, 0.2) is 65.3 Å². The first-order valence-corrected chi connectivity index (χ1v) is 7.74. The predicted octanol–water partition coefficient (Wildman–Crippen LogP) is 3.17. The van der Waals surface area contributed by atoms with E-state index in [-0.39, 0.29) is 6.61 Å². The summed E-state index contributed by atoms with van der Waals surface area (Å²) in [6.07, 6.45) is 2.64. The molecule has 23 heavy (non-hydrogen) atoms. The largest absolute Gasteiger partial charge is 0.444 e. The first-order chi connectivity index (χ1) is 11.3. The molecule has 2 N–H and O–H groups in total. The molecule has 4 nitrogen and oxygen atoms in total. The van der Waals surface area contributed by atoms with Gasteiger partial charge in [-0.15, -0.1) is 0 Å². The summed E-state index contributed by atoms with van der Waals surface area (Å²) in [5.74, 6) is 0.655. The first-order valence-electron chi connectivity index (χ1n) is 7.74. The van der Waals surface area contributed by atoms with Crippen LogP contribution in [0.5, 0.6) is 0 Å². The topological polar surface area (TPSA) is 58.3 Å². The molecular weight excluding hydrogens is 288 g/mol. The van der Waals surface area contributed by atoms with E-state index in [0.717, 1.165) is 29.8 Å². The minimum absolute atomic E-state index is 0.0917. The van der Waals surface area contributed by atoms with Crippen LogP contribution in [-0.4, -0.2) is 16.6 Å². The Kier molecular flexibility index (Phi) is 5.19. The van der Waals surface area contributed by atoms with E-state index in [1.807, 2.05) is 42.5 Å². The number of oxazole rings is 1. The monoisotopic (exact) mass is 308 g/mol. The van der Waals surface area contributed by atoms with Crippen LogP contribution in [0.3, 0.4) is 0 Å². The number of aromatic nitrogens is 1. The Labute approximate surface area is 135 Å². The minimum Gasteiger partial charge on any atom is -0.444 e. The van der Waals surface area contributed by atoms with Gasteiger partial charge in [0.2, 0.25) is 5.89 Å². The van der Waals surface area contributed by atoms with Crippen LogP contribution in [0.4, 0.5) is 0 Å². The molecule has 3 rings (SSSR count). The summed E-state index contributed by atoms with van der Waals surface area (Å²) in [6, 6.07) is 17.9. The maximum atomic E-state index is 9.02. The predicted molar refractivity (Wildman–Crippen MR) is 89.7 cm³/mol. The van der Waals surface area contributed by atoms with Gasteiger partial charge in [0, 0.05) is 12.1 Å². The summed E-state index contributed by atoms with van der Waals surface area (Å²) >= 11 is 0. The maximum Gasteiger partial charge on any atom is 0.226 e. The number of aliphatic hydroxyl groups is 1. The van der Waals surface area contributed by atoms with Crippen molar-refractivity contribution < 1.29 is 9.52 Å². The van der Waals surface area contributed by atoms with Crippen LogP contribution < -0.4 is 5.32 Å². The van der Waals surface area contributed by atoms with Crippen molar-refractivity contribution >= 4 is 0 Å². The Bertz CT molecular complexity index is 721. The Balaban J connectivity index is 1.46. The summed E-state index contributed by atoms with van der Waals surface area (Å²) in [5.41, 5.74) is 4.08. The van der Waals surface area contributed by atoms with Crippen molar-refractivity contribution in [3.05, 3.63) is 77.7 Å². The highest BCUT2D eigenvalue weighted by Crippen LogP contribution is 2.17. The van der Waals surface area contributed by atoms with Gasteiger partial charge >= 0.3 is 0 Å². The fraction of sp³-hybridized carbons (Fsp3) is 0.211. The molecule has 0 fully saturated rings. The molecule has 0 atom stereocenters. The normalized spacial score (nSPS) is 10.8. The molecule has 1 aromatic heterocycles. The van der Waals surface area contributed by atoms with Gasteiger partial charge in [-0.3, -0.25) is 0 Å². The molecule has 0 saturated heterocycles. The SMILES string of the molecule is OCc1ccc(CCNCc2coc(-c3ccccc3)n2)cc1. The molecule has 0 saturated carbocycles. The van der Waals surface area contributed by atoms with E-state index >= 15 is 0 Å². The number of hydrogen-bond donors (Lipinski definition) is 2. The van der Waals surface area contributed by atoms with Gasteiger partial charge in [0.05, 0.1) is 12.3 Å². The molecule has 0 bridgehead atoms. The average Bonchev–Trinajstić information content (AvgIpc) is 3.09. The van der Waals surface area contributed by atoms with Gasteiger partial charge in [0.15, 0.2) is 0 Å². The highest BCUT2D eigenvalue weighted by molar-refractivity contribution is 5.52. The smallest absolute Gasteiger partial charge is 0.226 e. The lowest BCUT2D eigenvalue weighted by Gasteiger charge is -2.04. The third-order valence-electron chi connectivity index (χ3n) is 3.67. The maximum absolute atomic E-state index is 9.02. The second-order valence-electron chi connectivity index (χ2n) is 5.41. The third-order valence-corrected chi connectivity index (χ3v) is 3.67. The molecule has 3 aromatic rings. The van der Waals surface area contributed by atoms with E-state index in [2.05, 4.69) is 22.4 Å². The average molecular weight is 308 g/mol. The van der Waals surface area contributed by atoms with Crippen LogP contribution >= 0.6 is 0 Å². The standard InChI is InChI=1S/C19H20N2O2/c22-13-16-8-6-15(7-9-16)10-11-20-12-18-14-23-19(21-18)17-4-2-1-3-5-17/h1-9,14,20,22H,10-13H2. The number of hydrogen-bond acceptors (Lipinski definition) is 4. The van der Waals surface area contributed by atoms with Gasteiger partial charge in [-0.1, -0.05) is 42.5 Å². The van der Waals surface area contributed by atoms with Crippen LogP contribution in [0.25, 0.3) is 11.5 Å². The fourth-order valence-corrected chi connectivity index (χ4v) is 2.36. The van der Waals surface area contributed by atoms with Gasteiger partial charge in [-0.25, -0.2) is 4.98 Å². The zero-order valence-electron chi connectivity index (χ0n) is 12.9. The van der Waals surface area contributed by atoms with E-state index in [9.17, 15) is 0 Å². The Hall–Kier alpha value is -2.43. The van der Waals surface area contributed by atoms with Crippen molar-refractivity contribution in [1.29, 1.82) is 0 Å². The van der Waals surface area contributed by atoms with Crippen molar-refractivity contribution in [2.45, 2.75) is 19.6 Å². The molecule has 2 aromatic carbocycles. The van der Waals surface area contributed by atoms with Crippen LogP contribution in [0.2, 0.25) is 0 Å². The highest BCUT2D eigenvalue weighted by Gasteiger charge is 2.05. The number of rotatable bonds is 7. The molecule has 0 amide bonds. The van der Waals surface area contributed by atoms with E-state index < -0.39 is 0 Å². The molecule has 0 spiro atoms. The number of benzene rings is 2. The molecule has 0 aliphatic heterocycles. The van der Waals surface area contributed by atoms with Gasteiger partial charge in [-0.2, -0.15) is 0 Å². The molecule has 4 heteroatoms. The van der Waals surface area contributed by atoms with Crippen LogP contribution in [0, 0.1) is 0 Å². The zero-order chi connectivity index (χ0) is 15.9. The van der Waals surface area contributed by atoms with Crippen molar-refractivity contribution in [1.82, 2.24) is 10.3 Å². The van der Waals surface area contributed by atoms with E-state index in [4.69, 9.17) is 9.52 Å². The van der Waals surface area contributed by atoms with Gasteiger partial charge in [0.25, 0.3) is 0 Å². The molecule has 118 valence electrons. The van der Waals surface area contributed by atoms with Crippen LogP contribution in [0.1, 0.15) is 16.8 Å². The lowest BCUT2D eigenvalue weighted by atomic mass is 10.1. The fourth-order valence-electron chi connectivity index (χ4n) is 2.36. The number of aliphatic hydroxyl groups excluding tert-OH is 1. The summed E-state index contributed by atoms with van der Waals surface area (Å²) in [5, 5.41) is 12.4. The Morgan fingerprint density at radius 3 is 2.43 bits per heavy atom. The highest BCUT2D eigenvalue weighted by atomic mass is 16.3. The quantitative estimate of drug-likeness (QED) is 0.658. The van der Waals surface area contributed by atoms with Crippen molar-refractivity contribution in [3.8, 4) is 11.5 Å². The summed E-state index contributed by atoms with van der Waals surface area (Å²) < 4.78 is 5.52. The van der Waals surface area contributed by atoms with Crippen molar-refractivity contribution in [2.75, 3.05) is 6.54 Å². The van der Waals surface area contributed by atoms with Gasteiger partial charge in [0.1, 0.15) is 6.26 Å². The lowest BCUT2D eigenvalue weighted by molar-refractivity contribution is 0.282. The van der Waals surface area contributed by atoms with Gasteiger partial charge in [-0.05, 0) is 36.2 Å². The first kappa shape index (κ1) is 15.5. The number of nitrogens with one attached hydrogen (secondary N) is 1. The van der Waals surface area contributed by atoms with Gasteiger partial charge < -0.3 is 14.8 Å². The molecular formula is C19H20N2O2. The molecule has 0 unspecified atom stereocenters. The second kappa shape index (κ2) is 7.72. The summed E-state index contributed by atoms with van der Waals surface area (Å²) in [7, 11) is 0. The molecule has 0 aliphatic carbocycles. The minimum atomic E-state index is 0.0917. The molecule has 0 radical (unpaired) electrons. The summed E-state index contributed by atoms with van der Waals surface area (Å²) in [4.78, 5) is 4.49. The van der Waals surface area contributed by atoms with Crippen LogP contribution in [-0.2, 0) is 19.6 Å². The Morgan fingerprint density at radius 2 is 1.70 bits per heavy atom. The second-order valence-corrected chi connectivity index (χ2v) is 5.41.